The Morgan fingerprint density at radius 3 is 2.60 bits per heavy atom. The monoisotopic (exact) mass is 283 g/mol. The number of carbonyl (C=O) groups excluding carboxylic acids is 1. The molecule has 0 bridgehead atoms. The Morgan fingerprint density at radius 2 is 1.95 bits per heavy atom. The minimum absolute atomic E-state index is 0.158. The van der Waals surface area contributed by atoms with Gasteiger partial charge in [0.15, 0.2) is 0 Å². The van der Waals surface area contributed by atoms with Crippen LogP contribution in [0.15, 0.2) is 0 Å². The van der Waals surface area contributed by atoms with Gasteiger partial charge in [-0.3, -0.25) is 0 Å². The summed E-state index contributed by atoms with van der Waals surface area (Å²) in [7, 11) is 0. The molecule has 2 fully saturated rings. The van der Waals surface area contributed by atoms with Crippen molar-refractivity contribution in [2.45, 2.75) is 45.6 Å². The molecule has 20 heavy (non-hydrogen) atoms. The Bertz CT molecular complexity index is 354. The second-order valence-corrected chi connectivity index (χ2v) is 7.32. The van der Waals surface area contributed by atoms with Gasteiger partial charge in [0.1, 0.15) is 5.60 Å². The van der Waals surface area contributed by atoms with Gasteiger partial charge in [-0.25, -0.2) is 4.79 Å². The standard InChI is InChI=1S/C15H29N3O2/c1-14(2,3)20-13(19)18-10-6-15(12-18)5-9-17(11-15)8-4-7-16/h4-12,16H2,1-3H3. The maximum absolute atomic E-state index is 12.1. The molecule has 1 unspecified atom stereocenters. The number of rotatable bonds is 3. The van der Waals surface area contributed by atoms with Crippen LogP contribution in [0.4, 0.5) is 4.79 Å². The van der Waals surface area contributed by atoms with Crippen LogP contribution in [0.3, 0.4) is 0 Å². The number of hydrogen-bond acceptors (Lipinski definition) is 4. The molecule has 2 aliphatic heterocycles. The molecule has 5 nitrogen and oxygen atoms in total. The number of nitrogens with two attached hydrogens (primary N) is 1. The van der Waals surface area contributed by atoms with E-state index in [1.807, 2.05) is 25.7 Å². The van der Waals surface area contributed by atoms with Gasteiger partial charge in [0.05, 0.1) is 0 Å². The second-order valence-electron chi connectivity index (χ2n) is 7.32. The molecule has 2 heterocycles. The van der Waals surface area contributed by atoms with Crippen LogP contribution in [0.2, 0.25) is 0 Å². The van der Waals surface area contributed by atoms with E-state index in [2.05, 4.69) is 4.90 Å². The quantitative estimate of drug-likeness (QED) is 0.856. The van der Waals surface area contributed by atoms with E-state index in [-0.39, 0.29) is 6.09 Å². The smallest absolute Gasteiger partial charge is 0.410 e. The molecule has 0 aromatic heterocycles. The number of hydrogen-bond donors (Lipinski definition) is 1. The first-order valence-corrected chi connectivity index (χ1v) is 7.74. The highest BCUT2D eigenvalue weighted by molar-refractivity contribution is 5.68. The predicted molar refractivity (Wildman–Crippen MR) is 79.6 cm³/mol. The Kier molecular flexibility index (Phi) is 4.59. The van der Waals surface area contributed by atoms with Gasteiger partial charge >= 0.3 is 6.09 Å². The number of amides is 1. The highest BCUT2D eigenvalue weighted by Crippen LogP contribution is 2.39. The minimum atomic E-state index is -0.407. The lowest BCUT2D eigenvalue weighted by Crippen LogP contribution is -2.37. The van der Waals surface area contributed by atoms with Crippen LogP contribution in [0, 0.1) is 5.41 Å². The largest absolute Gasteiger partial charge is 0.444 e. The van der Waals surface area contributed by atoms with E-state index in [1.165, 1.54) is 6.42 Å². The summed E-state index contributed by atoms with van der Waals surface area (Å²) in [5, 5.41) is 0. The SMILES string of the molecule is CC(C)(C)OC(=O)N1CCC2(CCN(CCCN)C2)C1. The molecular weight excluding hydrogens is 254 g/mol. The zero-order chi connectivity index (χ0) is 14.8. The van der Waals surface area contributed by atoms with E-state index < -0.39 is 5.60 Å². The van der Waals surface area contributed by atoms with Gasteiger partial charge in [-0.15, -0.1) is 0 Å². The molecule has 2 N–H and O–H groups in total. The van der Waals surface area contributed by atoms with Gasteiger partial charge in [0.2, 0.25) is 0 Å². The normalized spacial score (nSPS) is 27.5. The fourth-order valence-electron chi connectivity index (χ4n) is 3.28. The van der Waals surface area contributed by atoms with Crippen molar-refractivity contribution in [2.75, 3.05) is 39.3 Å². The van der Waals surface area contributed by atoms with Crippen molar-refractivity contribution < 1.29 is 9.53 Å². The number of nitrogens with zero attached hydrogens (tertiary/aromatic N) is 2. The van der Waals surface area contributed by atoms with E-state index in [0.29, 0.717) is 5.41 Å². The van der Waals surface area contributed by atoms with Crippen molar-refractivity contribution in [1.82, 2.24) is 9.80 Å². The average molecular weight is 283 g/mol. The fraction of sp³-hybridized carbons (Fsp3) is 0.933. The molecule has 2 aliphatic rings. The molecule has 1 spiro atoms. The lowest BCUT2D eigenvalue weighted by molar-refractivity contribution is 0.0274. The zero-order valence-electron chi connectivity index (χ0n) is 13.2. The number of carbonyl (C=O) groups is 1. The van der Waals surface area contributed by atoms with E-state index in [4.69, 9.17) is 10.5 Å². The van der Waals surface area contributed by atoms with Gasteiger partial charge in [0, 0.05) is 25.0 Å². The summed E-state index contributed by atoms with van der Waals surface area (Å²) in [4.78, 5) is 16.5. The third kappa shape index (κ3) is 3.85. The van der Waals surface area contributed by atoms with E-state index in [0.717, 1.165) is 52.1 Å². The van der Waals surface area contributed by atoms with E-state index >= 15 is 0 Å². The third-order valence-corrected chi connectivity index (χ3v) is 4.29. The Balaban J connectivity index is 1.85. The van der Waals surface area contributed by atoms with Crippen molar-refractivity contribution in [3.8, 4) is 0 Å². The van der Waals surface area contributed by atoms with Crippen LogP contribution in [-0.4, -0.2) is 60.8 Å². The Morgan fingerprint density at radius 1 is 1.25 bits per heavy atom. The molecule has 0 aromatic rings. The minimum Gasteiger partial charge on any atom is -0.444 e. The van der Waals surface area contributed by atoms with Gasteiger partial charge in [-0.05, 0) is 59.7 Å². The molecule has 1 amide bonds. The van der Waals surface area contributed by atoms with Crippen LogP contribution < -0.4 is 5.73 Å². The van der Waals surface area contributed by atoms with Crippen molar-refractivity contribution in [2.24, 2.45) is 11.1 Å². The number of ether oxygens (including phenoxy) is 1. The third-order valence-electron chi connectivity index (χ3n) is 4.29. The van der Waals surface area contributed by atoms with Crippen LogP contribution in [0.25, 0.3) is 0 Å². The van der Waals surface area contributed by atoms with Crippen LogP contribution in [0.5, 0.6) is 0 Å². The molecule has 0 aliphatic carbocycles. The maximum atomic E-state index is 12.1. The zero-order valence-corrected chi connectivity index (χ0v) is 13.2. The van der Waals surface area contributed by atoms with Gasteiger partial charge in [-0.1, -0.05) is 0 Å². The topological polar surface area (TPSA) is 58.8 Å². The summed E-state index contributed by atoms with van der Waals surface area (Å²) in [5.74, 6) is 0. The first-order valence-electron chi connectivity index (χ1n) is 7.74. The van der Waals surface area contributed by atoms with Gasteiger partial charge in [-0.2, -0.15) is 0 Å². The molecule has 1 atom stereocenters. The highest BCUT2D eigenvalue weighted by atomic mass is 16.6. The summed E-state index contributed by atoms with van der Waals surface area (Å²) >= 11 is 0. The second kappa shape index (κ2) is 5.90. The summed E-state index contributed by atoms with van der Waals surface area (Å²) in [6, 6.07) is 0. The molecule has 0 radical (unpaired) electrons. The summed E-state index contributed by atoms with van der Waals surface area (Å²) < 4.78 is 5.47. The first-order chi connectivity index (χ1) is 9.34. The molecular formula is C15H29N3O2. The molecule has 2 rings (SSSR count). The summed E-state index contributed by atoms with van der Waals surface area (Å²) in [6.07, 6.45) is 3.20. The Labute approximate surface area is 122 Å². The number of likely N-dealkylation sites (tertiary alicyclic amines) is 2. The molecule has 5 heteroatoms. The van der Waals surface area contributed by atoms with Crippen molar-refractivity contribution in [1.29, 1.82) is 0 Å². The molecule has 0 aromatic carbocycles. The summed E-state index contributed by atoms with van der Waals surface area (Å²) in [5.41, 5.74) is 5.47. The predicted octanol–water partition coefficient (Wildman–Crippen LogP) is 1.67. The fourth-order valence-corrected chi connectivity index (χ4v) is 3.28. The van der Waals surface area contributed by atoms with Gasteiger partial charge < -0.3 is 20.3 Å². The van der Waals surface area contributed by atoms with Crippen molar-refractivity contribution in [3.63, 3.8) is 0 Å². The van der Waals surface area contributed by atoms with Crippen molar-refractivity contribution >= 4 is 6.09 Å². The van der Waals surface area contributed by atoms with Crippen molar-refractivity contribution in [3.05, 3.63) is 0 Å². The van der Waals surface area contributed by atoms with E-state index in [1.54, 1.807) is 0 Å². The molecule has 0 saturated carbocycles. The van der Waals surface area contributed by atoms with Crippen LogP contribution in [-0.2, 0) is 4.74 Å². The first kappa shape index (κ1) is 15.6. The van der Waals surface area contributed by atoms with Crippen LogP contribution in [0.1, 0.15) is 40.0 Å². The van der Waals surface area contributed by atoms with Gasteiger partial charge in [0.25, 0.3) is 0 Å². The van der Waals surface area contributed by atoms with E-state index in [9.17, 15) is 4.79 Å². The maximum Gasteiger partial charge on any atom is 0.410 e. The Hall–Kier alpha value is -0.810. The summed E-state index contributed by atoms with van der Waals surface area (Å²) in [6.45, 7) is 11.5. The lowest BCUT2D eigenvalue weighted by Gasteiger charge is -2.27. The highest BCUT2D eigenvalue weighted by Gasteiger charge is 2.45. The molecule has 2 saturated heterocycles. The lowest BCUT2D eigenvalue weighted by atomic mass is 9.86. The van der Waals surface area contributed by atoms with Crippen LogP contribution >= 0.6 is 0 Å². The average Bonchev–Trinajstić information content (AvgIpc) is 2.93. The molecule has 116 valence electrons.